The summed E-state index contributed by atoms with van der Waals surface area (Å²) in [5, 5.41) is 3.54. The normalized spacial score (nSPS) is 37.5. The van der Waals surface area contributed by atoms with Crippen molar-refractivity contribution in [2.45, 2.75) is 81.5 Å². The molecule has 0 amide bonds. The fraction of sp³-hybridized carbons (Fsp3) is 1.00. The zero-order chi connectivity index (χ0) is 14.2. The van der Waals surface area contributed by atoms with Crippen molar-refractivity contribution in [3.8, 4) is 0 Å². The third kappa shape index (κ3) is 2.65. The fourth-order valence-electron chi connectivity index (χ4n) is 5.09. The van der Waals surface area contributed by atoms with Gasteiger partial charge in [0.05, 0.1) is 0 Å². The molecule has 3 nitrogen and oxygen atoms in total. The number of likely N-dealkylation sites (N-methyl/N-ethyl adjacent to an activating group) is 1. The molecule has 3 aliphatic rings. The molecule has 0 radical (unpaired) electrons. The molecule has 1 N–H and O–H groups in total. The Kier molecular flexibility index (Phi) is 4.40. The summed E-state index contributed by atoms with van der Waals surface area (Å²) in [5.41, 5.74) is 0.473. The molecule has 0 aromatic heterocycles. The van der Waals surface area contributed by atoms with Crippen molar-refractivity contribution in [1.29, 1.82) is 0 Å². The lowest BCUT2D eigenvalue weighted by Crippen LogP contribution is -2.61. The van der Waals surface area contributed by atoms with Crippen LogP contribution in [0, 0.1) is 0 Å². The molecule has 2 saturated heterocycles. The SMILES string of the molecule is CNC1CC2CCCC(C1)N2CC1(N(C)C)CCCC1. The summed E-state index contributed by atoms with van der Waals surface area (Å²) in [6.45, 7) is 1.33. The smallest absolute Gasteiger partial charge is 0.0330 e. The summed E-state index contributed by atoms with van der Waals surface area (Å²) >= 11 is 0. The maximum atomic E-state index is 3.54. The Morgan fingerprint density at radius 2 is 1.65 bits per heavy atom. The van der Waals surface area contributed by atoms with Crippen molar-refractivity contribution in [1.82, 2.24) is 15.1 Å². The number of fused-ring (bicyclic) bond motifs is 2. The van der Waals surface area contributed by atoms with Crippen LogP contribution in [0.1, 0.15) is 57.8 Å². The van der Waals surface area contributed by atoms with E-state index in [1.807, 2.05) is 0 Å². The lowest BCUT2D eigenvalue weighted by molar-refractivity contribution is -0.0183. The van der Waals surface area contributed by atoms with Crippen LogP contribution < -0.4 is 5.32 Å². The van der Waals surface area contributed by atoms with Gasteiger partial charge in [-0.25, -0.2) is 0 Å². The fourth-order valence-corrected chi connectivity index (χ4v) is 5.09. The van der Waals surface area contributed by atoms with Crippen LogP contribution in [-0.4, -0.2) is 61.2 Å². The minimum atomic E-state index is 0.473. The van der Waals surface area contributed by atoms with E-state index in [9.17, 15) is 0 Å². The minimum Gasteiger partial charge on any atom is -0.317 e. The van der Waals surface area contributed by atoms with E-state index in [0.717, 1.165) is 18.1 Å². The van der Waals surface area contributed by atoms with Crippen LogP contribution in [0.4, 0.5) is 0 Å². The zero-order valence-corrected chi connectivity index (χ0v) is 13.7. The molecule has 2 heterocycles. The van der Waals surface area contributed by atoms with E-state index in [1.165, 1.54) is 64.3 Å². The van der Waals surface area contributed by atoms with E-state index in [1.54, 1.807) is 0 Å². The number of piperidine rings is 2. The first-order valence-electron chi connectivity index (χ1n) is 8.75. The Morgan fingerprint density at radius 1 is 1.05 bits per heavy atom. The van der Waals surface area contributed by atoms with Crippen molar-refractivity contribution in [3.63, 3.8) is 0 Å². The third-order valence-corrected chi connectivity index (χ3v) is 6.49. The van der Waals surface area contributed by atoms with Gasteiger partial charge in [-0.15, -0.1) is 0 Å². The van der Waals surface area contributed by atoms with Crippen LogP contribution in [-0.2, 0) is 0 Å². The number of nitrogens with one attached hydrogen (secondary N) is 1. The topological polar surface area (TPSA) is 18.5 Å². The van der Waals surface area contributed by atoms with Crippen molar-refractivity contribution in [2.75, 3.05) is 27.7 Å². The van der Waals surface area contributed by atoms with Gasteiger partial charge in [-0.2, -0.15) is 0 Å². The van der Waals surface area contributed by atoms with Crippen molar-refractivity contribution >= 4 is 0 Å². The summed E-state index contributed by atoms with van der Waals surface area (Å²) in [4.78, 5) is 5.46. The Balaban J connectivity index is 1.73. The van der Waals surface area contributed by atoms with Crippen molar-refractivity contribution in [2.24, 2.45) is 0 Å². The highest BCUT2D eigenvalue weighted by molar-refractivity contribution is 5.02. The van der Waals surface area contributed by atoms with Gasteiger partial charge in [0.15, 0.2) is 0 Å². The first-order valence-corrected chi connectivity index (χ1v) is 8.75. The number of nitrogens with zero attached hydrogens (tertiary/aromatic N) is 2. The molecule has 0 spiro atoms. The quantitative estimate of drug-likeness (QED) is 0.853. The van der Waals surface area contributed by atoms with Crippen LogP contribution in [0.2, 0.25) is 0 Å². The van der Waals surface area contributed by atoms with Crippen molar-refractivity contribution < 1.29 is 0 Å². The molecule has 0 aromatic carbocycles. The highest BCUT2D eigenvalue weighted by atomic mass is 15.3. The molecule has 2 atom stereocenters. The average Bonchev–Trinajstić information content (AvgIpc) is 2.88. The molecule has 20 heavy (non-hydrogen) atoms. The first-order chi connectivity index (χ1) is 9.64. The minimum absolute atomic E-state index is 0.473. The van der Waals surface area contributed by atoms with Crippen LogP contribution in [0.15, 0.2) is 0 Å². The van der Waals surface area contributed by atoms with Gasteiger partial charge in [-0.3, -0.25) is 4.90 Å². The number of hydrogen-bond donors (Lipinski definition) is 1. The summed E-state index contributed by atoms with van der Waals surface area (Å²) < 4.78 is 0. The summed E-state index contributed by atoms with van der Waals surface area (Å²) in [5.74, 6) is 0. The molecular formula is C17H33N3. The lowest BCUT2D eigenvalue weighted by Gasteiger charge is -2.53. The largest absolute Gasteiger partial charge is 0.317 e. The van der Waals surface area contributed by atoms with Gasteiger partial charge in [0.2, 0.25) is 0 Å². The first kappa shape index (κ1) is 14.8. The Bertz CT molecular complexity index is 308. The second kappa shape index (κ2) is 5.94. The molecule has 2 aliphatic heterocycles. The van der Waals surface area contributed by atoms with Gasteiger partial charge in [-0.1, -0.05) is 19.3 Å². The number of rotatable bonds is 4. The van der Waals surface area contributed by atoms with Crippen LogP contribution in [0.25, 0.3) is 0 Å². The Labute approximate surface area is 125 Å². The molecule has 1 aliphatic carbocycles. The molecule has 3 fully saturated rings. The van der Waals surface area contributed by atoms with E-state index in [4.69, 9.17) is 0 Å². The predicted octanol–water partition coefficient (Wildman–Crippen LogP) is 2.47. The molecule has 2 bridgehead atoms. The molecule has 116 valence electrons. The van der Waals surface area contributed by atoms with E-state index in [2.05, 4.69) is 36.3 Å². The molecule has 3 rings (SSSR count). The van der Waals surface area contributed by atoms with E-state index in [0.29, 0.717) is 5.54 Å². The summed E-state index contributed by atoms with van der Waals surface area (Å²) in [7, 11) is 6.76. The van der Waals surface area contributed by atoms with Gasteiger partial charge < -0.3 is 10.2 Å². The standard InChI is InChI=1S/C17H33N3/c1-18-14-11-15-7-6-8-16(12-14)20(15)13-17(19(2)3)9-4-5-10-17/h14-16,18H,4-13H2,1-3H3. The maximum absolute atomic E-state index is 3.54. The molecule has 3 heteroatoms. The van der Waals surface area contributed by atoms with Crippen molar-refractivity contribution in [3.05, 3.63) is 0 Å². The summed E-state index contributed by atoms with van der Waals surface area (Å²) in [6.07, 6.45) is 12.7. The Hall–Kier alpha value is -0.120. The molecule has 1 saturated carbocycles. The second-order valence-electron chi connectivity index (χ2n) is 7.69. The molecule has 0 aromatic rings. The average molecular weight is 279 g/mol. The van der Waals surface area contributed by atoms with Crippen LogP contribution in [0.3, 0.4) is 0 Å². The van der Waals surface area contributed by atoms with Gasteiger partial charge in [0.1, 0.15) is 0 Å². The highest BCUT2D eigenvalue weighted by Crippen LogP contribution is 2.40. The van der Waals surface area contributed by atoms with Crippen LogP contribution >= 0.6 is 0 Å². The molecule has 2 unspecified atom stereocenters. The summed E-state index contributed by atoms with van der Waals surface area (Å²) in [6, 6.07) is 2.45. The third-order valence-electron chi connectivity index (χ3n) is 6.49. The predicted molar refractivity (Wildman–Crippen MR) is 85.1 cm³/mol. The second-order valence-corrected chi connectivity index (χ2v) is 7.69. The highest BCUT2D eigenvalue weighted by Gasteiger charge is 2.44. The van der Waals surface area contributed by atoms with Gasteiger partial charge in [0, 0.05) is 30.2 Å². The molecular weight excluding hydrogens is 246 g/mol. The number of hydrogen-bond acceptors (Lipinski definition) is 3. The Morgan fingerprint density at radius 3 is 2.15 bits per heavy atom. The van der Waals surface area contributed by atoms with E-state index in [-0.39, 0.29) is 0 Å². The van der Waals surface area contributed by atoms with Gasteiger partial charge in [0.25, 0.3) is 0 Å². The zero-order valence-electron chi connectivity index (χ0n) is 13.7. The maximum Gasteiger partial charge on any atom is 0.0330 e. The monoisotopic (exact) mass is 279 g/mol. The van der Waals surface area contributed by atoms with E-state index >= 15 is 0 Å². The lowest BCUT2D eigenvalue weighted by atomic mass is 9.80. The van der Waals surface area contributed by atoms with E-state index < -0.39 is 0 Å². The van der Waals surface area contributed by atoms with Gasteiger partial charge >= 0.3 is 0 Å². The van der Waals surface area contributed by atoms with Crippen LogP contribution in [0.5, 0.6) is 0 Å². The van der Waals surface area contributed by atoms with Gasteiger partial charge in [-0.05, 0) is 59.7 Å².